The third-order valence-electron chi connectivity index (χ3n) is 3.41. The van der Waals surface area contributed by atoms with Crippen LogP contribution in [0.3, 0.4) is 0 Å². The minimum atomic E-state index is 0.687. The molecule has 0 amide bonds. The number of H-pyrrole nitrogens is 1. The van der Waals surface area contributed by atoms with Gasteiger partial charge >= 0.3 is 0 Å². The molecule has 3 heteroatoms. The van der Waals surface area contributed by atoms with Gasteiger partial charge in [-0.25, -0.2) is 0 Å². The molecule has 0 bridgehead atoms. The van der Waals surface area contributed by atoms with Crippen LogP contribution in [0.25, 0.3) is 22.5 Å². The van der Waals surface area contributed by atoms with Crippen molar-refractivity contribution in [1.29, 1.82) is 0 Å². The number of nitrogens with zero attached hydrogens (tertiary/aromatic N) is 1. The van der Waals surface area contributed by atoms with Gasteiger partial charge in [0.2, 0.25) is 0 Å². The first kappa shape index (κ1) is 13.6. The Hall–Kier alpha value is -2.39. The first-order chi connectivity index (χ1) is 10.3. The third-order valence-corrected chi connectivity index (χ3v) is 3.73. The van der Waals surface area contributed by atoms with Crippen LogP contribution in [0.15, 0.2) is 73.3 Å². The van der Waals surface area contributed by atoms with Crippen LogP contribution in [0.4, 0.5) is 0 Å². The minimum absolute atomic E-state index is 0.687. The molecule has 1 N–H and O–H groups in total. The van der Waals surface area contributed by atoms with E-state index in [0.29, 0.717) is 11.3 Å². The molecular weight excluding hydrogens is 276 g/mol. The summed E-state index contributed by atoms with van der Waals surface area (Å²) in [6.45, 7) is 4.52. The van der Waals surface area contributed by atoms with Crippen molar-refractivity contribution < 1.29 is 0 Å². The summed E-state index contributed by atoms with van der Waals surface area (Å²) in [6, 6.07) is 20.6. The van der Waals surface area contributed by atoms with Crippen molar-refractivity contribution >= 4 is 12.2 Å². The van der Waals surface area contributed by atoms with Gasteiger partial charge < -0.3 is 9.55 Å². The molecular formula is C18H16N2S. The molecule has 104 valence electrons. The van der Waals surface area contributed by atoms with Crippen molar-refractivity contribution in [3.05, 3.63) is 78.1 Å². The van der Waals surface area contributed by atoms with Gasteiger partial charge in [0.1, 0.15) is 0 Å². The highest BCUT2D eigenvalue weighted by Gasteiger charge is 2.14. The van der Waals surface area contributed by atoms with Crippen molar-refractivity contribution in [2.75, 3.05) is 0 Å². The van der Waals surface area contributed by atoms with E-state index in [9.17, 15) is 0 Å². The molecule has 3 rings (SSSR count). The zero-order chi connectivity index (χ0) is 14.7. The number of benzene rings is 2. The average Bonchev–Trinajstić information content (AvgIpc) is 2.86. The van der Waals surface area contributed by atoms with Crippen LogP contribution in [0.5, 0.6) is 0 Å². The number of hydrogen-bond donors (Lipinski definition) is 1. The van der Waals surface area contributed by atoms with Crippen LogP contribution in [0.1, 0.15) is 0 Å². The number of imidazole rings is 1. The van der Waals surface area contributed by atoms with Crippen LogP contribution < -0.4 is 0 Å². The second-order valence-electron chi connectivity index (χ2n) is 4.79. The molecule has 0 spiro atoms. The summed E-state index contributed by atoms with van der Waals surface area (Å²) in [5.74, 6) is 0. The Morgan fingerprint density at radius 3 is 2.10 bits per heavy atom. The van der Waals surface area contributed by atoms with Gasteiger partial charge in [0.15, 0.2) is 4.77 Å². The lowest BCUT2D eigenvalue weighted by molar-refractivity contribution is 0.815. The largest absolute Gasteiger partial charge is 0.330 e. The van der Waals surface area contributed by atoms with Gasteiger partial charge in [-0.05, 0) is 12.2 Å². The fourth-order valence-electron chi connectivity index (χ4n) is 2.48. The maximum absolute atomic E-state index is 5.49. The molecule has 0 saturated carbocycles. The molecule has 1 aromatic heterocycles. The molecule has 0 radical (unpaired) electrons. The van der Waals surface area contributed by atoms with Crippen LogP contribution in [-0.2, 0) is 6.54 Å². The predicted molar refractivity (Wildman–Crippen MR) is 90.7 cm³/mol. The fraction of sp³-hybridized carbons (Fsp3) is 0.0556. The lowest BCUT2D eigenvalue weighted by Gasteiger charge is -2.09. The summed E-state index contributed by atoms with van der Waals surface area (Å²) in [7, 11) is 0. The number of hydrogen-bond acceptors (Lipinski definition) is 1. The normalized spacial score (nSPS) is 10.5. The minimum Gasteiger partial charge on any atom is -0.330 e. The van der Waals surface area contributed by atoms with Gasteiger partial charge in [-0.1, -0.05) is 66.7 Å². The van der Waals surface area contributed by atoms with Crippen LogP contribution >= 0.6 is 12.2 Å². The average molecular weight is 292 g/mol. The first-order valence-corrected chi connectivity index (χ1v) is 7.26. The maximum Gasteiger partial charge on any atom is 0.178 e. The SMILES string of the molecule is C=CCn1c(-c2ccccc2)c(-c2ccccc2)[nH]c1=S. The summed E-state index contributed by atoms with van der Waals surface area (Å²) in [5.41, 5.74) is 4.43. The Morgan fingerprint density at radius 2 is 1.52 bits per heavy atom. The molecule has 0 unspecified atom stereocenters. The molecule has 0 fully saturated rings. The van der Waals surface area contributed by atoms with E-state index < -0.39 is 0 Å². The predicted octanol–water partition coefficient (Wildman–Crippen LogP) is 5.07. The second-order valence-corrected chi connectivity index (χ2v) is 5.17. The molecule has 0 atom stereocenters. The van der Waals surface area contributed by atoms with E-state index in [1.807, 2.05) is 42.5 Å². The zero-order valence-corrected chi connectivity index (χ0v) is 12.4. The van der Waals surface area contributed by atoms with Gasteiger partial charge in [0.05, 0.1) is 11.4 Å². The van der Waals surface area contributed by atoms with Crippen molar-refractivity contribution in [3.8, 4) is 22.5 Å². The first-order valence-electron chi connectivity index (χ1n) is 6.86. The maximum atomic E-state index is 5.49. The van der Waals surface area contributed by atoms with Crippen molar-refractivity contribution in [1.82, 2.24) is 9.55 Å². The Kier molecular flexibility index (Phi) is 3.84. The van der Waals surface area contributed by atoms with E-state index in [1.54, 1.807) is 0 Å². The molecule has 2 nitrogen and oxygen atoms in total. The lowest BCUT2D eigenvalue weighted by atomic mass is 10.0. The standard InChI is InChI=1S/C18H16N2S/c1-2-13-20-17(15-11-7-4-8-12-15)16(19-18(20)21)14-9-5-3-6-10-14/h2-12H,1,13H2,(H,19,21). The van der Waals surface area contributed by atoms with E-state index in [1.165, 1.54) is 0 Å². The monoisotopic (exact) mass is 292 g/mol. The number of rotatable bonds is 4. The summed E-state index contributed by atoms with van der Waals surface area (Å²) in [6.07, 6.45) is 1.87. The van der Waals surface area contributed by atoms with Crippen LogP contribution in [0.2, 0.25) is 0 Å². The summed E-state index contributed by atoms with van der Waals surface area (Å²) < 4.78 is 2.80. The van der Waals surface area contributed by atoms with E-state index in [2.05, 4.69) is 40.4 Å². The number of aromatic amines is 1. The van der Waals surface area contributed by atoms with Crippen molar-refractivity contribution in [3.63, 3.8) is 0 Å². The van der Waals surface area contributed by atoms with E-state index >= 15 is 0 Å². The topological polar surface area (TPSA) is 20.7 Å². The highest BCUT2D eigenvalue weighted by atomic mass is 32.1. The van der Waals surface area contributed by atoms with Crippen molar-refractivity contribution in [2.24, 2.45) is 0 Å². The molecule has 3 aromatic rings. The van der Waals surface area contributed by atoms with Gasteiger partial charge in [-0.2, -0.15) is 0 Å². The Bertz CT molecular complexity index is 798. The number of allylic oxidation sites excluding steroid dienone is 1. The summed E-state index contributed by atoms with van der Waals surface area (Å²) in [5, 5.41) is 0. The van der Waals surface area contributed by atoms with Crippen LogP contribution in [0, 0.1) is 4.77 Å². The van der Waals surface area contributed by atoms with Crippen LogP contribution in [-0.4, -0.2) is 9.55 Å². The molecule has 0 aliphatic rings. The quantitative estimate of drug-likeness (QED) is 0.526. The Labute approximate surface area is 129 Å². The smallest absolute Gasteiger partial charge is 0.178 e. The van der Waals surface area contributed by atoms with Gasteiger partial charge in [-0.15, -0.1) is 6.58 Å². The molecule has 2 aromatic carbocycles. The Balaban J connectivity index is 2.29. The Morgan fingerprint density at radius 1 is 0.952 bits per heavy atom. The molecule has 0 aliphatic carbocycles. The lowest BCUT2D eigenvalue weighted by Crippen LogP contribution is -1.98. The van der Waals surface area contributed by atoms with E-state index in [4.69, 9.17) is 12.2 Å². The van der Waals surface area contributed by atoms with Gasteiger partial charge in [0.25, 0.3) is 0 Å². The summed E-state index contributed by atoms with van der Waals surface area (Å²) >= 11 is 5.49. The molecule has 1 heterocycles. The van der Waals surface area contributed by atoms with Crippen molar-refractivity contribution in [2.45, 2.75) is 6.54 Å². The van der Waals surface area contributed by atoms with E-state index in [0.717, 1.165) is 22.5 Å². The van der Waals surface area contributed by atoms with E-state index in [-0.39, 0.29) is 0 Å². The molecule has 0 aliphatic heterocycles. The fourth-order valence-corrected chi connectivity index (χ4v) is 2.75. The number of aromatic nitrogens is 2. The molecule has 21 heavy (non-hydrogen) atoms. The zero-order valence-electron chi connectivity index (χ0n) is 11.6. The van der Waals surface area contributed by atoms with Gasteiger partial charge in [0, 0.05) is 17.7 Å². The number of nitrogens with one attached hydrogen (secondary N) is 1. The molecule has 0 saturated heterocycles. The third kappa shape index (κ3) is 2.60. The second kappa shape index (κ2) is 5.94. The summed E-state index contributed by atoms with van der Waals surface area (Å²) in [4.78, 5) is 3.34. The van der Waals surface area contributed by atoms with Gasteiger partial charge in [-0.3, -0.25) is 0 Å². The highest BCUT2D eigenvalue weighted by Crippen LogP contribution is 2.31. The highest BCUT2D eigenvalue weighted by molar-refractivity contribution is 7.71.